The number of carbonyl (C=O) groups is 1. The summed E-state index contributed by atoms with van der Waals surface area (Å²) < 4.78 is 5.59. The van der Waals surface area contributed by atoms with Crippen LogP contribution in [0.1, 0.15) is 5.56 Å². The lowest BCUT2D eigenvalue weighted by atomic mass is 10.1. The van der Waals surface area contributed by atoms with Crippen molar-refractivity contribution in [3.63, 3.8) is 0 Å². The summed E-state index contributed by atoms with van der Waals surface area (Å²) in [7, 11) is 0. The summed E-state index contributed by atoms with van der Waals surface area (Å²) in [5.74, 6) is 0.237. The monoisotopic (exact) mass is 372 g/mol. The quantitative estimate of drug-likeness (QED) is 0.522. The predicted octanol–water partition coefficient (Wildman–Crippen LogP) is 4.68. The van der Waals surface area contributed by atoms with Crippen LogP contribution in [0.5, 0.6) is 5.75 Å². The second-order valence-corrected chi connectivity index (χ2v) is 6.07. The number of carbonyl (C=O) groups excluding carboxylic acids is 1. The number of nitrogens with one attached hydrogen (secondary N) is 1. The van der Waals surface area contributed by atoms with Gasteiger partial charge in [0.15, 0.2) is 6.61 Å². The van der Waals surface area contributed by atoms with E-state index < -0.39 is 0 Å². The molecule has 0 aliphatic carbocycles. The van der Waals surface area contributed by atoms with Gasteiger partial charge in [0.2, 0.25) is 0 Å². The molecule has 0 atom stereocenters. The molecule has 0 spiro atoms. The maximum atomic E-state index is 11.9. The number of hydrogen-bond donors (Lipinski definition) is 1. The van der Waals surface area contributed by atoms with Gasteiger partial charge >= 0.3 is 0 Å². The van der Waals surface area contributed by atoms with E-state index in [0.29, 0.717) is 15.8 Å². The third-order valence-corrected chi connectivity index (χ3v) is 4.04. The minimum atomic E-state index is -0.357. The number of fused-ring (bicyclic) bond motifs is 1. The van der Waals surface area contributed by atoms with Crippen LogP contribution in [0, 0.1) is 0 Å². The van der Waals surface area contributed by atoms with E-state index in [2.05, 4.69) is 10.5 Å². The van der Waals surface area contributed by atoms with E-state index in [-0.39, 0.29) is 12.5 Å². The third kappa shape index (κ3) is 4.50. The van der Waals surface area contributed by atoms with Gasteiger partial charge in [0.1, 0.15) is 5.75 Å². The molecule has 126 valence electrons. The molecule has 3 aromatic rings. The first-order valence-corrected chi connectivity index (χ1v) is 8.26. The lowest BCUT2D eigenvalue weighted by Crippen LogP contribution is -2.24. The first-order chi connectivity index (χ1) is 12.1. The van der Waals surface area contributed by atoms with E-state index >= 15 is 0 Å². The summed E-state index contributed by atoms with van der Waals surface area (Å²) in [6, 6.07) is 18.2. The Bertz CT molecular complexity index is 924. The van der Waals surface area contributed by atoms with E-state index in [1.54, 1.807) is 36.4 Å². The third-order valence-electron chi connectivity index (χ3n) is 3.46. The molecule has 0 bridgehead atoms. The van der Waals surface area contributed by atoms with Crippen LogP contribution in [0.4, 0.5) is 0 Å². The average Bonchev–Trinajstić information content (AvgIpc) is 2.63. The van der Waals surface area contributed by atoms with Gasteiger partial charge in [-0.05, 0) is 29.8 Å². The molecule has 0 aliphatic heterocycles. The zero-order chi connectivity index (χ0) is 17.6. The molecule has 1 N–H and O–H groups in total. The molecule has 0 saturated carbocycles. The first kappa shape index (κ1) is 17.3. The van der Waals surface area contributed by atoms with Crippen LogP contribution < -0.4 is 10.2 Å². The Kier molecular flexibility index (Phi) is 5.53. The molecule has 25 heavy (non-hydrogen) atoms. The average molecular weight is 373 g/mol. The van der Waals surface area contributed by atoms with Crippen molar-refractivity contribution < 1.29 is 9.53 Å². The summed E-state index contributed by atoms with van der Waals surface area (Å²) in [5, 5.41) is 6.91. The normalized spacial score (nSPS) is 11.0. The molecule has 0 fully saturated rings. The molecule has 0 radical (unpaired) electrons. The van der Waals surface area contributed by atoms with Gasteiger partial charge in [0.25, 0.3) is 5.91 Å². The van der Waals surface area contributed by atoms with Gasteiger partial charge in [0, 0.05) is 20.8 Å². The minimum Gasteiger partial charge on any atom is -0.483 e. The van der Waals surface area contributed by atoms with E-state index in [4.69, 9.17) is 27.9 Å². The number of halogens is 2. The second kappa shape index (κ2) is 8.01. The van der Waals surface area contributed by atoms with Gasteiger partial charge in [-0.15, -0.1) is 0 Å². The van der Waals surface area contributed by atoms with Crippen molar-refractivity contribution >= 4 is 46.1 Å². The number of amides is 1. The Hall–Kier alpha value is -2.56. The zero-order valence-corrected chi connectivity index (χ0v) is 14.6. The first-order valence-electron chi connectivity index (χ1n) is 7.51. The number of benzene rings is 3. The van der Waals surface area contributed by atoms with Crippen molar-refractivity contribution in [1.82, 2.24) is 5.43 Å². The maximum Gasteiger partial charge on any atom is 0.277 e. The smallest absolute Gasteiger partial charge is 0.277 e. The van der Waals surface area contributed by atoms with Crippen molar-refractivity contribution in [3.05, 3.63) is 76.3 Å². The lowest BCUT2D eigenvalue weighted by molar-refractivity contribution is -0.123. The van der Waals surface area contributed by atoms with Gasteiger partial charge in [-0.1, -0.05) is 59.6 Å². The number of ether oxygens (including phenoxy) is 1. The van der Waals surface area contributed by atoms with Crippen LogP contribution in [-0.2, 0) is 4.79 Å². The molecule has 6 heteroatoms. The standard InChI is InChI=1S/C19H14Cl2N2O2/c20-14-7-5-13(6-8-14)11-22-23-19(24)12-25-18-10-9-17(21)15-3-1-2-4-16(15)18/h1-11H,12H2,(H,23,24)/b22-11+. The largest absolute Gasteiger partial charge is 0.483 e. The summed E-state index contributed by atoms with van der Waals surface area (Å²) >= 11 is 12.0. The molecule has 3 rings (SSSR count). The van der Waals surface area contributed by atoms with Gasteiger partial charge in [-0.25, -0.2) is 5.43 Å². The van der Waals surface area contributed by atoms with Crippen molar-refractivity contribution in [3.8, 4) is 5.75 Å². The lowest BCUT2D eigenvalue weighted by Gasteiger charge is -2.09. The molecule has 3 aromatic carbocycles. The fourth-order valence-corrected chi connectivity index (χ4v) is 2.62. The topological polar surface area (TPSA) is 50.7 Å². The molecule has 0 unspecified atom stereocenters. The maximum absolute atomic E-state index is 11.9. The van der Waals surface area contributed by atoms with Crippen LogP contribution in [0.2, 0.25) is 10.0 Å². The Morgan fingerprint density at radius 1 is 1.00 bits per heavy atom. The fourth-order valence-electron chi connectivity index (χ4n) is 2.26. The van der Waals surface area contributed by atoms with E-state index in [1.165, 1.54) is 6.21 Å². The number of rotatable bonds is 5. The SMILES string of the molecule is O=C(COc1ccc(Cl)c2ccccc12)N/N=C/c1ccc(Cl)cc1. The molecular formula is C19H14Cl2N2O2. The Balaban J connectivity index is 1.59. The molecule has 0 aliphatic rings. The highest BCUT2D eigenvalue weighted by atomic mass is 35.5. The van der Waals surface area contributed by atoms with Crippen molar-refractivity contribution in [2.45, 2.75) is 0 Å². The van der Waals surface area contributed by atoms with Crippen LogP contribution in [0.25, 0.3) is 10.8 Å². The number of hydrazone groups is 1. The molecule has 0 aromatic heterocycles. The summed E-state index contributed by atoms with van der Waals surface area (Å²) in [4.78, 5) is 11.9. The van der Waals surface area contributed by atoms with Crippen molar-refractivity contribution in [1.29, 1.82) is 0 Å². The van der Waals surface area contributed by atoms with Gasteiger partial charge < -0.3 is 4.74 Å². The van der Waals surface area contributed by atoms with Gasteiger partial charge in [-0.2, -0.15) is 5.10 Å². The Morgan fingerprint density at radius 3 is 2.48 bits per heavy atom. The molecular weight excluding hydrogens is 359 g/mol. The summed E-state index contributed by atoms with van der Waals surface area (Å²) in [6.45, 7) is -0.149. The van der Waals surface area contributed by atoms with Crippen molar-refractivity contribution in [2.75, 3.05) is 6.61 Å². The summed E-state index contributed by atoms with van der Waals surface area (Å²) in [5.41, 5.74) is 3.25. The molecule has 0 saturated heterocycles. The van der Waals surface area contributed by atoms with E-state index in [1.807, 2.05) is 24.3 Å². The van der Waals surface area contributed by atoms with Gasteiger partial charge in [-0.3, -0.25) is 4.79 Å². The minimum absolute atomic E-state index is 0.149. The van der Waals surface area contributed by atoms with Gasteiger partial charge in [0.05, 0.1) is 6.21 Å². The molecule has 4 nitrogen and oxygen atoms in total. The Labute approximate surface area is 155 Å². The second-order valence-electron chi connectivity index (χ2n) is 5.22. The highest BCUT2D eigenvalue weighted by Crippen LogP contribution is 2.31. The highest BCUT2D eigenvalue weighted by molar-refractivity contribution is 6.35. The van der Waals surface area contributed by atoms with Crippen molar-refractivity contribution in [2.24, 2.45) is 5.10 Å². The van der Waals surface area contributed by atoms with Crippen LogP contribution >= 0.6 is 23.2 Å². The number of hydrogen-bond acceptors (Lipinski definition) is 3. The fraction of sp³-hybridized carbons (Fsp3) is 0.0526. The van der Waals surface area contributed by atoms with E-state index in [9.17, 15) is 4.79 Å². The molecule has 0 heterocycles. The molecule has 1 amide bonds. The highest BCUT2D eigenvalue weighted by Gasteiger charge is 2.07. The predicted molar refractivity (Wildman–Crippen MR) is 102 cm³/mol. The van der Waals surface area contributed by atoms with Crippen LogP contribution in [-0.4, -0.2) is 18.7 Å². The van der Waals surface area contributed by atoms with E-state index in [0.717, 1.165) is 16.3 Å². The number of nitrogens with zero attached hydrogens (tertiary/aromatic N) is 1. The summed E-state index contributed by atoms with van der Waals surface area (Å²) in [6.07, 6.45) is 1.53. The van der Waals surface area contributed by atoms with Crippen LogP contribution in [0.3, 0.4) is 0 Å². The zero-order valence-electron chi connectivity index (χ0n) is 13.1. The van der Waals surface area contributed by atoms with Crippen LogP contribution in [0.15, 0.2) is 65.8 Å². The Morgan fingerprint density at radius 2 is 1.72 bits per heavy atom.